The van der Waals surface area contributed by atoms with Crippen LogP contribution in [0.15, 0.2) is 40.8 Å². The quantitative estimate of drug-likeness (QED) is 0.851. The average molecular weight is 262 g/mol. The number of carbonyl (C=O) groups excluding carboxylic acids is 1. The predicted molar refractivity (Wildman–Crippen MR) is 70.8 cm³/mol. The Kier molecular flexibility index (Phi) is 3.94. The Hall–Kier alpha value is -1.88. The fraction of sp³-hybridized carbons (Fsp3) is 0.231. The highest BCUT2D eigenvalue weighted by Crippen LogP contribution is 2.18. The number of aryl methyl sites for hydroxylation is 1. The number of ether oxygens (including phenoxy) is 1. The molecule has 0 aliphatic carbocycles. The van der Waals surface area contributed by atoms with Gasteiger partial charge < -0.3 is 9.30 Å². The van der Waals surface area contributed by atoms with E-state index in [9.17, 15) is 4.79 Å². The molecule has 1 aromatic heterocycles. The third kappa shape index (κ3) is 2.68. The van der Waals surface area contributed by atoms with E-state index < -0.39 is 0 Å². The van der Waals surface area contributed by atoms with E-state index in [4.69, 9.17) is 4.74 Å². The van der Waals surface area contributed by atoms with Crippen LogP contribution >= 0.6 is 11.3 Å². The van der Waals surface area contributed by atoms with Crippen LogP contribution in [0.3, 0.4) is 0 Å². The van der Waals surface area contributed by atoms with Crippen molar-refractivity contribution >= 4 is 17.2 Å². The molecular formula is C13H14N2O2S. The van der Waals surface area contributed by atoms with Crippen molar-refractivity contribution in [3.8, 4) is 5.75 Å². The second kappa shape index (κ2) is 5.64. The van der Waals surface area contributed by atoms with Gasteiger partial charge in [-0.1, -0.05) is 12.1 Å². The molecule has 2 rings (SSSR count). The van der Waals surface area contributed by atoms with Gasteiger partial charge in [0.25, 0.3) is 5.91 Å². The van der Waals surface area contributed by atoms with Crippen LogP contribution in [0, 0.1) is 0 Å². The highest BCUT2D eigenvalue weighted by molar-refractivity contribution is 7.07. The molecule has 2 aromatic rings. The van der Waals surface area contributed by atoms with Crippen molar-refractivity contribution < 1.29 is 9.53 Å². The molecule has 0 aliphatic heterocycles. The molecule has 18 heavy (non-hydrogen) atoms. The number of hydrogen-bond acceptors (Lipinski definition) is 3. The van der Waals surface area contributed by atoms with Gasteiger partial charge in [0.2, 0.25) is 0 Å². The Balaban J connectivity index is 2.38. The van der Waals surface area contributed by atoms with Crippen LogP contribution in [-0.4, -0.2) is 17.1 Å². The molecule has 94 valence electrons. The lowest BCUT2D eigenvalue weighted by atomic mass is 10.2. The van der Waals surface area contributed by atoms with Gasteiger partial charge in [-0.2, -0.15) is 4.99 Å². The van der Waals surface area contributed by atoms with Crippen molar-refractivity contribution in [3.05, 3.63) is 46.2 Å². The molecule has 0 fully saturated rings. The molecule has 0 saturated carbocycles. The first-order valence-corrected chi connectivity index (χ1v) is 6.51. The van der Waals surface area contributed by atoms with Crippen molar-refractivity contribution in [2.45, 2.75) is 6.92 Å². The van der Waals surface area contributed by atoms with Gasteiger partial charge in [-0.05, 0) is 19.1 Å². The zero-order chi connectivity index (χ0) is 13.0. The van der Waals surface area contributed by atoms with Crippen LogP contribution < -0.4 is 9.54 Å². The third-order valence-electron chi connectivity index (χ3n) is 2.37. The summed E-state index contributed by atoms with van der Waals surface area (Å²) in [5.41, 5.74) is 0.493. The molecule has 0 saturated heterocycles. The van der Waals surface area contributed by atoms with Crippen molar-refractivity contribution in [1.82, 2.24) is 4.57 Å². The fourth-order valence-corrected chi connectivity index (χ4v) is 2.23. The number of aromatic nitrogens is 1. The normalized spacial score (nSPS) is 11.6. The standard InChI is InChI=1S/C13H14N2O2S/c1-3-17-11-7-5-4-6-10(11)12(16)14-13-15(2)8-9-18-13/h4-9H,3H2,1-2H3. The van der Waals surface area contributed by atoms with Crippen molar-refractivity contribution in [3.63, 3.8) is 0 Å². The highest BCUT2D eigenvalue weighted by Gasteiger charge is 2.10. The second-order valence-electron chi connectivity index (χ2n) is 3.64. The van der Waals surface area contributed by atoms with Gasteiger partial charge in [0.1, 0.15) is 5.75 Å². The first-order chi connectivity index (χ1) is 8.72. The SMILES string of the molecule is CCOc1ccccc1C(=O)N=c1sccn1C. The number of benzene rings is 1. The van der Waals surface area contributed by atoms with E-state index in [-0.39, 0.29) is 5.91 Å². The minimum absolute atomic E-state index is 0.280. The summed E-state index contributed by atoms with van der Waals surface area (Å²) in [6, 6.07) is 7.15. The summed E-state index contributed by atoms with van der Waals surface area (Å²) in [6.45, 7) is 2.41. The Labute approximate surface area is 109 Å². The van der Waals surface area contributed by atoms with E-state index in [1.807, 2.05) is 36.2 Å². The summed E-state index contributed by atoms with van der Waals surface area (Å²) in [4.78, 5) is 16.9. The van der Waals surface area contributed by atoms with Gasteiger partial charge in [-0.15, -0.1) is 11.3 Å². The van der Waals surface area contributed by atoms with E-state index in [0.29, 0.717) is 22.7 Å². The lowest BCUT2D eigenvalue weighted by molar-refractivity contribution is 0.0994. The molecule has 0 atom stereocenters. The molecule has 0 N–H and O–H groups in total. The van der Waals surface area contributed by atoms with Gasteiger partial charge in [0.05, 0.1) is 12.2 Å². The summed E-state index contributed by atoms with van der Waals surface area (Å²) in [7, 11) is 1.86. The Morgan fingerprint density at radius 1 is 1.44 bits per heavy atom. The minimum Gasteiger partial charge on any atom is -0.493 e. The molecule has 0 radical (unpaired) electrons. The van der Waals surface area contributed by atoms with E-state index in [1.165, 1.54) is 11.3 Å². The predicted octanol–water partition coefficient (Wildman–Crippen LogP) is 2.23. The Morgan fingerprint density at radius 2 is 2.22 bits per heavy atom. The number of rotatable bonds is 3. The van der Waals surface area contributed by atoms with Crippen molar-refractivity contribution in [2.75, 3.05) is 6.61 Å². The number of amides is 1. The topological polar surface area (TPSA) is 43.6 Å². The van der Waals surface area contributed by atoms with E-state index in [1.54, 1.807) is 18.2 Å². The van der Waals surface area contributed by atoms with Crippen molar-refractivity contribution in [1.29, 1.82) is 0 Å². The summed E-state index contributed by atoms with van der Waals surface area (Å²) in [5.74, 6) is 0.296. The van der Waals surface area contributed by atoms with Crippen LogP contribution in [0.1, 0.15) is 17.3 Å². The molecule has 1 aromatic carbocycles. The van der Waals surface area contributed by atoms with Crippen molar-refractivity contribution in [2.24, 2.45) is 12.0 Å². The van der Waals surface area contributed by atoms with Gasteiger partial charge >= 0.3 is 0 Å². The number of thiazole rings is 1. The summed E-state index contributed by atoms with van der Waals surface area (Å²) >= 11 is 1.43. The molecule has 4 nitrogen and oxygen atoms in total. The third-order valence-corrected chi connectivity index (χ3v) is 3.22. The van der Waals surface area contributed by atoms with Gasteiger partial charge in [0, 0.05) is 18.6 Å². The van der Waals surface area contributed by atoms with Crippen LogP contribution in [0.4, 0.5) is 0 Å². The Bertz CT molecular complexity index is 613. The lowest BCUT2D eigenvalue weighted by Gasteiger charge is -2.06. The zero-order valence-electron chi connectivity index (χ0n) is 10.3. The fourth-order valence-electron chi connectivity index (χ4n) is 1.51. The molecule has 0 unspecified atom stereocenters. The number of nitrogens with zero attached hydrogens (tertiary/aromatic N) is 2. The maximum atomic E-state index is 12.1. The molecule has 0 bridgehead atoms. The smallest absolute Gasteiger partial charge is 0.283 e. The first-order valence-electron chi connectivity index (χ1n) is 5.63. The van der Waals surface area contributed by atoms with Crippen LogP contribution in [-0.2, 0) is 7.05 Å². The molecule has 0 aliphatic rings. The second-order valence-corrected chi connectivity index (χ2v) is 4.52. The van der Waals surface area contributed by atoms with Gasteiger partial charge in [-0.3, -0.25) is 4.79 Å². The minimum atomic E-state index is -0.280. The molecular weight excluding hydrogens is 248 g/mol. The first kappa shape index (κ1) is 12.6. The van der Waals surface area contributed by atoms with Crippen LogP contribution in [0.2, 0.25) is 0 Å². The zero-order valence-corrected chi connectivity index (χ0v) is 11.1. The van der Waals surface area contributed by atoms with Crippen LogP contribution in [0.25, 0.3) is 0 Å². The number of hydrogen-bond donors (Lipinski definition) is 0. The molecule has 5 heteroatoms. The molecule has 1 heterocycles. The maximum absolute atomic E-state index is 12.1. The largest absolute Gasteiger partial charge is 0.493 e. The van der Waals surface area contributed by atoms with E-state index >= 15 is 0 Å². The summed E-state index contributed by atoms with van der Waals surface area (Å²) in [5, 5.41) is 1.89. The maximum Gasteiger partial charge on any atom is 0.283 e. The Morgan fingerprint density at radius 3 is 2.89 bits per heavy atom. The average Bonchev–Trinajstić information content (AvgIpc) is 2.76. The summed E-state index contributed by atoms with van der Waals surface area (Å²) in [6.07, 6.45) is 1.87. The van der Waals surface area contributed by atoms with Gasteiger partial charge in [-0.25, -0.2) is 0 Å². The van der Waals surface area contributed by atoms with Gasteiger partial charge in [0.15, 0.2) is 4.80 Å². The van der Waals surface area contributed by atoms with E-state index in [2.05, 4.69) is 4.99 Å². The summed E-state index contributed by atoms with van der Waals surface area (Å²) < 4.78 is 7.23. The number of para-hydroxylation sites is 1. The van der Waals surface area contributed by atoms with E-state index in [0.717, 1.165) is 0 Å². The highest BCUT2D eigenvalue weighted by atomic mass is 32.1. The molecule has 0 spiro atoms. The lowest BCUT2D eigenvalue weighted by Crippen LogP contribution is -2.13. The van der Waals surface area contributed by atoms with Crippen LogP contribution in [0.5, 0.6) is 5.75 Å². The monoisotopic (exact) mass is 262 g/mol. The number of carbonyl (C=O) groups is 1. The molecule has 1 amide bonds.